The van der Waals surface area contributed by atoms with Crippen molar-refractivity contribution >= 4 is 58.9 Å². The Kier molecular flexibility index (Phi) is 7.97. The van der Waals surface area contributed by atoms with Crippen molar-refractivity contribution in [3.05, 3.63) is 168 Å². The Labute approximate surface area is 323 Å². The van der Waals surface area contributed by atoms with Crippen molar-refractivity contribution in [1.29, 1.82) is 0 Å². The summed E-state index contributed by atoms with van der Waals surface area (Å²) in [5.41, 5.74) is 12.8. The van der Waals surface area contributed by atoms with Gasteiger partial charge in [0.25, 0.3) is 0 Å². The second kappa shape index (κ2) is 12.6. The van der Waals surface area contributed by atoms with E-state index in [1.54, 1.807) is 11.1 Å². The summed E-state index contributed by atoms with van der Waals surface area (Å²) in [6.45, 7) is 15.3. The van der Waals surface area contributed by atoms with Crippen molar-refractivity contribution < 1.29 is 0 Å². The van der Waals surface area contributed by atoms with Crippen LogP contribution in [0.3, 0.4) is 0 Å². The molecule has 2 aliphatic heterocycles. The Morgan fingerprint density at radius 3 is 0.981 bits per heavy atom. The first kappa shape index (κ1) is 34.2. The first-order valence-corrected chi connectivity index (χ1v) is 22.9. The molecular weight excluding hydrogens is 687 g/mol. The van der Waals surface area contributed by atoms with E-state index in [9.17, 15) is 0 Å². The van der Waals surface area contributed by atoms with E-state index < -0.39 is 15.8 Å². The van der Waals surface area contributed by atoms with Crippen LogP contribution in [0.15, 0.2) is 146 Å². The number of hydrogen-bond acceptors (Lipinski definition) is 0. The van der Waals surface area contributed by atoms with Crippen LogP contribution in [0.25, 0.3) is 65.3 Å². The van der Waals surface area contributed by atoms with E-state index in [1.807, 2.05) is 0 Å². The molecule has 0 bridgehead atoms. The molecule has 0 N–H and O–H groups in total. The average Bonchev–Trinajstić information content (AvgIpc) is 3.43. The van der Waals surface area contributed by atoms with Gasteiger partial charge < -0.3 is 0 Å². The fourth-order valence-corrected chi connectivity index (χ4v) is 17.3. The van der Waals surface area contributed by atoms with Gasteiger partial charge in [-0.3, -0.25) is 0 Å². The third-order valence-electron chi connectivity index (χ3n) is 12.5. The molecule has 10 rings (SSSR count). The van der Waals surface area contributed by atoms with Crippen LogP contribution in [0.1, 0.15) is 75.1 Å². The second-order valence-corrected chi connectivity index (χ2v) is 23.9. The molecule has 2 heteroatoms. The summed E-state index contributed by atoms with van der Waals surface area (Å²) in [7, 11) is -1.11. The van der Waals surface area contributed by atoms with E-state index in [2.05, 4.69) is 187 Å². The molecule has 266 valence electrons. The minimum Gasteiger partial charge on any atom is -0.0880 e. The minimum atomic E-state index is -0.557. The van der Waals surface area contributed by atoms with Gasteiger partial charge in [-0.05, 0) is 110 Å². The van der Waals surface area contributed by atoms with Crippen molar-refractivity contribution in [2.75, 3.05) is 0 Å². The highest BCUT2D eigenvalue weighted by Gasteiger charge is 2.48. The maximum atomic E-state index is 2.59. The number of benzene rings is 8. The number of fused-ring (bicyclic) bond motifs is 14. The highest BCUT2D eigenvalue weighted by atomic mass is 31.1. The highest BCUT2D eigenvalue weighted by molar-refractivity contribution is 7.63. The van der Waals surface area contributed by atoms with Gasteiger partial charge in [-0.2, -0.15) is 0 Å². The Hall–Kier alpha value is -4.34. The lowest BCUT2D eigenvalue weighted by Gasteiger charge is -2.48. The summed E-state index contributed by atoms with van der Waals surface area (Å²) >= 11 is 0. The van der Waals surface area contributed by atoms with E-state index in [4.69, 9.17) is 0 Å². The Morgan fingerprint density at radius 2 is 0.648 bits per heavy atom. The van der Waals surface area contributed by atoms with E-state index in [0.717, 1.165) is 12.3 Å². The quantitative estimate of drug-likeness (QED) is 0.147. The molecule has 0 saturated carbocycles. The summed E-state index contributed by atoms with van der Waals surface area (Å²) in [5, 5.41) is 11.1. The molecule has 0 spiro atoms. The van der Waals surface area contributed by atoms with Crippen molar-refractivity contribution in [2.45, 2.75) is 75.5 Å². The SMILES string of the molecule is CC(C)(C)[P@]1Cc2ccc3ccccc3c2-c2c(ccc3ccccc23)[C@H]1[C@H]1c2ccc3ccccc3c2-c2c(ccc3ccccc23)C[P@]1C(C)(C)C. The van der Waals surface area contributed by atoms with Gasteiger partial charge in [0.2, 0.25) is 0 Å². The van der Waals surface area contributed by atoms with E-state index >= 15 is 0 Å². The standard InChI is InChI=1S/C52H48P2/c1-51(2,3)53-31-37-25-23-33-15-7-11-19-39(33)45(37)47-41-21-13-9-17-35(41)27-29-43(47)49(53)50-44-30-28-36-18-10-14-22-42(36)48(44)46-38(32-54(50)52(4,5)6)26-24-34-16-8-12-20-40(34)46/h7-30,49-50H,31-32H2,1-6H3/t49-,50+,53+,54-. The monoisotopic (exact) mass is 734 g/mol. The molecule has 54 heavy (non-hydrogen) atoms. The van der Waals surface area contributed by atoms with Crippen LogP contribution in [0.5, 0.6) is 0 Å². The second-order valence-electron chi connectivity index (χ2n) is 17.6. The summed E-state index contributed by atoms with van der Waals surface area (Å²) in [6, 6.07) is 56.5. The summed E-state index contributed by atoms with van der Waals surface area (Å²) < 4.78 is 0. The van der Waals surface area contributed by atoms with Crippen LogP contribution >= 0.6 is 15.8 Å². The first-order valence-electron chi connectivity index (χ1n) is 19.7. The molecule has 2 aliphatic rings. The largest absolute Gasteiger partial charge is 0.0880 e. The molecule has 0 aromatic heterocycles. The zero-order chi connectivity index (χ0) is 36.9. The maximum absolute atomic E-state index is 2.59. The molecule has 0 saturated heterocycles. The van der Waals surface area contributed by atoms with Gasteiger partial charge in [0, 0.05) is 11.3 Å². The van der Waals surface area contributed by atoms with Crippen LogP contribution in [0.2, 0.25) is 0 Å². The molecule has 2 heterocycles. The van der Waals surface area contributed by atoms with Crippen LogP contribution in [-0.2, 0) is 12.3 Å². The number of rotatable bonds is 1. The van der Waals surface area contributed by atoms with E-state index in [-0.39, 0.29) is 10.3 Å². The van der Waals surface area contributed by atoms with Crippen molar-refractivity contribution in [3.63, 3.8) is 0 Å². The smallest absolute Gasteiger partial charge is 0.0165 e. The minimum absolute atomic E-state index is 0.123. The van der Waals surface area contributed by atoms with E-state index in [0.29, 0.717) is 11.3 Å². The van der Waals surface area contributed by atoms with Crippen molar-refractivity contribution in [2.24, 2.45) is 0 Å². The topological polar surface area (TPSA) is 0 Å². The molecule has 0 aliphatic carbocycles. The first-order chi connectivity index (χ1) is 26.1. The third-order valence-corrected chi connectivity index (χ3v) is 20.0. The van der Waals surface area contributed by atoms with Gasteiger partial charge in [0.05, 0.1) is 0 Å². The highest BCUT2D eigenvalue weighted by Crippen LogP contribution is 2.79. The normalized spacial score (nSPS) is 19.9. The maximum Gasteiger partial charge on any atom is 0.0165 e. The van der Waals surface area contributed by atoms with Gasteiger partial charge in [-0.25, -0.2) is 0 Å². The lowest BCUT2D eigenvalue weighted by Crippen LogP contribution is -2.25. The van der Waals surface area contributed by atoms with Crippen LogP contribution < -0.4 is 0 Å². The fourth-order valence-electron chi connectivity index (χ4n) is 10.0. The van der Waals surface area contributed by atoms with Gasteiger partial charge in [0.1, 0.15) is 0 Å². The van der Waals surface area contributed by atoms with E-state index in [1.165, 1.54) is 76.5 Å². The third kappa shape index (κ3) is 5.32. The molecule has 4 atom stereocenters. The summed E-state index contributed by atoms with van der Waals surface area (Å²) in [6.07, 6.45) is 2.24. The molecular formula is C52H48P2. The fraction of sp³-hybridized carbons (Fsp3) is 0.231. The van der Waals surface area contributed by atoms with Crippen molar-refractivity contribution in [3.8, 4) is 22.3 Å². The Bertz CT molecular complexity index is 2580. The van der Waals surface area contributed by atoms with Gasteiger partial charge >= 0.3 is 0 Å². The zero-order valence-corrected chi connectivity index (χ0v) is 34.1. The Morgan fingerprint density at radius 1 is 0.352 bits per heavy atom. The molecule has 8 aromatic rings. The summed E-state index contributed by atoms with van der Waals surface area (Å²) in [5.74, 6) is 0. The number of hydrogen-bond donors (Lipinski definition) is 0. The molecule has 0 fully saturated rings. The van der Waals surface area contributed by atoms with Gasteiger partial charge in [-0.1, -0.05) is 203 Å². The van der Waals surface area contributed by atoms with Crippen LogP contribution in [-0.4, -0.2) is 10.3 Å². The molecule has 0 unspecified atom stereocenters. The predicted molar refractivity (Wildman–Crippen MR) is 240 cm³/mol. The molecule has 0 radical (unpaired) electrons. The average molecular weight is 735 g/mol. The summed E-state index contributed by atoms with van der Waals surface area (Å²) in [4.78, 5) is 0. The molecule has 0 amide bonds. The van der Waals surface area contributed by atoms with Crippen LogP contribution in [0, 0.1) is 0 Å². The molecule has 0 nitrogen and oxygen atoms in total. The zero-order valence-electron chi connectivity index (χ0n) is 32.3. The Balaban J connectivity index is 1.38. The lowest BCUT2D eigenvalue weighted by atomic mass is 9.83. The van der Waals surface area contributed by atoms with Gasteiger partial charge in [0.15, 0.2) is 0 Å². The van der Waals surface area contributed by atoms with Gasteiger partial charge in [-0.15, -0.1) is 0 Å². The lowest BCUT2D eigenvalue weighted by molar-refractivity contribution is 0.723. The predicted octanol–water partition coefficient (Wildman–Crippen LogP) is 16.0. The molecule has 8 aromatic carbocycles. The van der Waals surface area contributed by atoms with Crippen LogP contribution in [0.4, 0.5) is 0 Å². The van der Waals surface area contributed by atoms with Crippen molar-refractivity contribution in [1.82, 2.24) is 0 Å².